The van der Waals surface area contributed by atoms with Crippen LogP contribution in [-0.2, 0) is 14.3 Å². The number of carbonyl (C=O) groups is 2. The van der Waals surface area contributed by atoms with Gasteiger partial charge in [0.2, 0.25) is 0 Å². The summed E-state index contributed by atoms with van der Waals surface area (Å²) >= 11 is 0. The van der Waals surface area contributed by atoms with E-state index in [9.17, 15) is 9.59 Å². The van der Waals surface area contributed by atoms with Gasteiger partial charge in [-0.05, 0) is 74.0 Å². The van der Waals surface area contributed by atoms with Gasteiger partial charge in [-0.15, -0.1) is 0 Å². The first-order valence-electron chi connectivity index (χ1n) is 10.6. The molecule has 4 aliphatic carbocycles. The molecule has 0 bridgehead atoms. The maximum Gasteiger partial charge on any atom is 0.305 e. The Morgan fingerprint density at radius 3 is 2.56 bits per heavy atom. The van der Waals surface area contributed by atoms with Gasteiger partial charge in [0, 0.05) is 24.7 Å². The van der Waals surface area contributed by atoms with Crippen LogP contribution < -0.4 is 0 Å². The molecule has 0 spiro atoms. The van der Waals surface area contributed by atoms with Gasteiger partial charge >= 0.3 is 5.97 Å². The predicted octanol–water partition coefficient (Wildman–Crippen LogP) is 4.92. The SMILES string of the molecule is CCC(=O)O[C@@H]1CC[C@@H]2[C@H]3CC[C@H]4CC(=O)CC[C@]4(C)[C@@H]3CC[C@@]21C. The fourth-order valence-electron chi connectivity index (χ4n) is 7.43. The molecule has 0 aromatic rings. The number of Topliss-reactive ketones (excluding diaryl/α,β-unsaturated/α-hetero) is 1. The molecule has 0 amide bonds. The first kappa shape index (κ1) is 17.5. The summed E-state index contributed by atoms with van der Waals surface area (Å²) in [6, 6.07) is 0. The van der Waals surface area contributed by atoms with E-state index in [-0.39, 0.29) is 17.5 Å². The molecule has 0 radical (unpaired) electrons. The molecule has 0 aromatic carbocycles. The number of ether oxygens (including phenoxy) is 1. The third-order valence-corrected chi connectivity index (χ3v) is 8.96. The van der Waals surface area contributed by atoms with E-state index in [1.54, 1.807) is 0 Å². The molecule has 4 rings (SSSR count). The topological polar surface area (TPSA) is 43.4 Å². The van der Waals surface area contributed by atoms with E-state index in [1.807, 2.05) is 6.92 Å². The molecule has 0 heterocycles. The van der Waals surface area contributed by atoms with Crippen LogP contribution in [0.5, 0.6) is 0 Å². The largest absolute Gasteiger partial charge is 0.462 e. The molecule has 4 saturated carbocycles. The van der Waals surface area contributed by atoms with Crippen molar-refractivity contribution in [3.63, 3.8) is 0 Å². The summed E-state index contributed by atoms with van der Waals surface area (Å²) < 4.78 is 5.87. The lowest BCUT2D eigenvalue weighted by atomic mass is 9.45. The van der Waals surface area contributed by atoms with Crippen molar-refractivity contribution in [1.82, 2.24) is 0 Å². The second-order valence-electron chi connectivity index (χ2n) is 9.85. The number of ketones is 1. The van der Waals surface area contributed by atoms with Crippen LogP contribution in [0, 0.1) is 34.5 Å². The lowest BCUT2D eigenvalue weighted by molar-refractivity contribution is -0.163. The summed E-state index contributed by atoms with van der Waals surface area (Å²) in [5.74, 6) is 3.34. The number of fused-ring (bicyclic) bond motifs is 5. The highest BCUT2D eigenvalue weighted by molar-refractivity contribution is 5.79. The minimum atomic E-state index is -0.0320. The maximum absolute atomic E-state index is 12.0. The van der Waals surface area contributed by atoms with Gasteiger partial charge in [0.25, 0.3) is 0 Å². The highest BCUT2D eigenvalue weighted by Gasteiger charge is 2.61. The van der Waals surface area contributed by atoms with E-state index < -0.39 is 0 Å². The van der Waals surface area contributed by atoms with Crippen molar-refractivity contribution >= 4 is 11.8 Å². The van der Waals surface area contributed by atoms with Gasteiger partial charge in [0.15, 0.2) is 0 Å². The molecular weight excluding hydrogens is 312 g/mol. The van der Waals surface area contributed by atoms with Crippen molar-refractivity contribution in [2.45, 2.75) is 91.1 Å². The van der Waals surface area contributed by atoms with Crippen molar-refractivity contribution in [3.05, 3.63) is 0 Å². The average molecular weight is 347 g/mol. The molecule has 7 atom stereocenters. The van der Waals surface area contributed by atoms with Gasteiger partial charge in [-0.3, -0.25) is 9.59 Å². The Labute approximate surface area is 152 Å². The van der Waals surface area contributed by atoms with Crippen molar-refractivity contribution in [1.29, 1.82) is 0 Å². The lowest BCUT2D eigenvalue weighted by Gasteiger charge is -2.60. The van der Waals surface area contributed by atoms with Crippen molar-refractivity contribution in [2.24, 2.45) is 34.5 Å². The van der Waals surface area contributed by atoms with E-state index in [2.05, 4.69) is 13.8 Å². The number of esters is 1. The quantitative estimate of drug-likeness (QED) is 0.667. The van der Waals surface area contributed by atoms with Crippen LogP contribution in [0.2, 0.25) is 0 Å². The van der Waals surface area contributed by atoms with Gasteiger partial charge in [-0.2, -0.15) is 0 Å². The minimum Gasteiger partial charge on any atom is -0.462 e. The Morgan fingerprint density at radius 2 is 1.80 bits per heavy atom. The zero-order valence-electron chi connectivity index (χ0n) is 16.2. The van der Waals surface area contributed by atoms with E-state index in [1.165, 1.54) is 32.1 Å². The van der Waals surface area contributed by atoms with Crippen LogP contribution >= 0.6 is 0 Å². The third kappa shape index (κ3) is 2.59. The summed E-state index contributed by atoms with van der Waals surface area (Å²) in [5, 5.41) is 0. The van der Waals surface area contributed by atoms with Gasteiger partial charge in [0.1, 0.15) is 11.9 Å². The van der Waals surface area contributed by atoms with Crippen molar-refractivity contribution in [2.75, 3.05) is 0 Å². The molecule has 4 aliphatic rings. The Balaban J connectivity index is 1.56. The molecule has 0 aliphatic heterocycles. The highest BCUT2D eigenvalue weighted by Crippen LogP contribution is 2.66. The predicted molar refractivity (Wildman–Crippen MR) is 96.9 cm³/mol. The van der Waals surface area contributed by atoms with Crippen LogP contribution in [0.1, 0.15) is 85.0 Å². The zero-order chi connectivity index (χ0) is 17.8. The van der Waals surface area contributed by atoms with Gasteiger partial charge in [-0.1, -0.05) is 20.8 Å². The molecule has 3 nitrogen and oxygen atoms in total. The standard InChI is InChI=1S/C22H34O3/c1-4-20(24)25-19-8-7-17-16-6-5-14-13-15(23)9-11-21(14,2)18(16)10-12-22(17,19)3/h14,16-19H,4-13H2,1-3H3/t14-,16+,17+,18+,19+,21-,22-/m0/s1. The lowest BCUT2D eigenvalue weighted by Crippen LogP contribution is -2.54. The third-order valence-electron chi connectivity index (χ3n) is 8.96. The van der Waals surface area contributed by atoms with Crippen LogP contribution in [0.25, 0.3) is 0 Å². The fraction of sp³-hybridized carbons (Fsp3) is 0.909. The molecule has 0 N–H and O–H groups in total. The van der Waals surface area contributed by atoms with Crippen molar-refractivity contribution in [3.8, 4) is 0 Å². The molecule has 3 heteroatoms. The van der Waals surface area contributed by atoms with Gasteiger partial charge < -0.3 is 4.74 Å². The molecular formula is C22H34O3. The average Bonchev–Trinajstić information content (AvgIpc) is 2.92. The van der Waals surface area contributed by atoms with Crippen LogP contribution in [-0.4, -0.2) is 17.9 Å². The Morgan fingerprint density at radius 1 is 1.04 bits per heavy atom. The van der Waals surface area contributed by atoms with E-state index in [0.29, 0.717) is 29.5 Å². The number of carbonyl (C=O) groups excluding carboxylic acids is 2. The van der Waals surface area contributed by atoms with E-state index in [0.717, 1.165) is 37.5 Å². The first-order chi connectivity index (χ1) is 11.9. The normalized spacial score (nSPS) is 49.1. The van der Waals surface area contributed by atoms with E-state index >= 15 is 0 Å². The monoisotopic (exact) mass is 346 g/mol. The maximum atomic E-state index is 12.0. The smallest absolute Gasteiger partial charge is 0.305 e. The van der Waals surface area contributed by atoms with Crippen LogP contribution in [0.15, 0.2) is 0 Å². The summed E-state index contributed by atoms with van der Waals surface area (Å²) in [4.78, 5) is 23.9. The molecule has 0 saturated heterocycles. The second-order valence-corrected chi connectivity index (χ2v) is 9.85. The summed E-state index contributed by atoms with van der Waals surface area (Å²) in [7, 11) is 0. The van der Waals surface area contributed by atoms with Crippen molar-refractivity contribution < 1.29 is 14.3 Å². The number of rotatable bonds is 2. The van der Waals surface area contributed by atoms with E-state index in [4.69, 9.17) is 4.74 Å². The highest BCUT2D eigenvalue weighted by atomic mass is 16.5. The number of hydrogen-bond donors (Lipinski definition) is 0. The Bertz CT molecular complexity index is 570. The van der Waals surface area contributed by atoms with Crippen LogP contribution in [0.4, 0.5) is 0 Å². The molecule has 0 unspecified atom stereocenters. The Kier molecular flexibility index (Phi) is 4.28. The van der Waals surface area contributed by atoms with Gasteiger partial charge in [-0.25, -0.2) is 0 Å². The molecule has 4 fully saturated rings. The zero-order valence-corrected chi connectivity index (χ0v) is 16.2. The minimum absolute atomic E-state index is 0.0320. The van der Waals surface area contributed by atoms with Crippen LogP contribution in [0.3, 0.4) is 0 Å². The molecule has 0 aromatic heterocycles. The number of hydrogen-bond acceptors (Lipinski definition) is 3. The molecule has 140 valence electrons. The Hall–Kier alpha value is -0.860. The second kappa shape index (κ2) is 6.09. The van der Waals surface area contributed by atoms with Gasteiger partial charge in [0.05, 0.1) is 0 Å². The fourth-order valence-corrected chi connectivity index (χ4v) is 7.43. The molecule has 25 heavy (non-hydrogen) atoms. The summed E-state index contributed by atoms with van der Waals surface area (Å²) in [5.41, 5.74) is 0.552. The summed E-state index contributed by atoms with van der Waals surface area (Å²) in [6.45, 7) is 6.78. The summed E-state index contributed by atoms with van der Waals surface area (Å²) in [6.07, 6.45) is 10.6. The first-order valence-corrected chi connectivity index (χ1v) is 10.6.